The van der Waals surface area contributed by atoms with E-state index in [0.717, 1.165) is 37.2 Å². The number of hydrogen-bond acceptors (Lipinski definition) is 7. The molecule has 0 aromatic carbocycles. The zero-order valence-electron chi connectivity index (χ0n) is 17.7. The van der Waals surface area contributed by atoms with Crippen LogP contribution in [0.5, 0.6) is 0 Å². The van der Waals surface area contributed by atoms with Crippen LogP contribution in [0.2, 0.25) is 0 Å². The van der Waals surface area contributed by atoms with Gasteiger partial charge < -0.3 is 10.0 Å². The average molecular weight is 448 g/mol. The molecule has 0 spiro atoms. The summed E-state index contributed by atoms with van der Waals surface area (Å²) in [6.45, 7) is 3.19. The van der Waals surface area contributed by atoms with Crippen LogP contribution in [0.4, 0.5) is 0 Å². The van der Waals surface area contributed by atoms with Crippen LogP contribution in [0.1, 0.15) is 19.3 Å². The SMILES string of the molecule is CS(=O)(=O)N1CCC(O)(CN2CCC(Cn3nc(-c4ccncc4)ccc3=O)CC2)C1. The summed E-state index contributed by atoms with van der Waals surface area (Å²) in [6, 6.07) is 7.03. The molecule has 31 heavy (non-hydrogen) atoms. The van der Waals surface area contributed by atoms with Crippen LogP contribution in [0, 0.1) is 5.92 Å². The predicted molar refractivity (Wildman–Crippen MR) is 117 cm³/mol. The van der Waals surface area contributed by atoms with E-state index in [9.17, 15) is 18.3 Å². The number of piperidine rings is 1. The molecular formula is C21H29N5O4S. The van der Waals surface area contributed by atoms with Crippen molar-refractivity contribution in [2.24, 2.45) is 5.92 Å². The van der Waals surface area contributed by atoms with Gasteiger partial charge in [0, 0.05) is 50.2 Å². The fraction of sp³-hybridized carbons (Fsp3) is 0.571. The van der Waals surface area contributed by atoms with Crippen LogP contribution in [0.15, 0.2) is 41.5 Å². The molecule has 10 heteroatoms. The maximum absolute atomic E-state index is 12.3. The third-order valence-corrected chi connectivity index (χ3v) is 7.51. The number of aliphatic hydroxyl groups is 1. The van der Waals surface area contributed by atoms with Crippen molar-refractivity contribution in [3.8, 4) is 11.3 Å². The molecule has 0 amide bonds. The summed E-state index contributed by atoms with van der Waals surface area (Å²) in [5, 5.41) is 15.4. The molecule has 9 nitrogen and oxygen atoms in total. The van der Waals surface area contributed by atoms with Gasteiger partial charge in [0.05, 0.1) is 17.6 Å². The van der Waals surface area contributed by atoms with Crippen molar-refractivity contribution in [1.29, 1.82) is 0 Å². The van der Waals surface area contributed by atoms with E-state index in [2.05, 4.69) is 15.0 Å². The maximum Gasteiger partial charge on any atom is 0.266 e. The first kappa shape index (κ1) is 22.1. The standard InChI is InChI=1S/C21H29N5O4S/c1-31(29,30)25-13-8-21(28,16-25)15-24-11-6-17(7-12-24)14-26-20(27)3-2-19(23-26)18-4-9-22-10-5-18/h2-5,9-10,17,28H,6-8,11-16H2,1H3. The Morgan fingerprint density at radius 1 is 1.13 bits per heavy atom. The van der Waals surface area contributed by atoms with Crippen LogP contribution < -0.4 is 5.56 Å². The van der Waals surface area contributed by atoms with Crippen molar-refractivity contribution < 1.29 is 13.5 Å². The van der Waals surface area contributed by atoms with Gasteiger partial charge in [-0.3, -0.25) is 9.78 Å². The van der Waals surface area contributed by atoms with Gasteiger partial charge in [-0.25, -0.2) is 13.1 Å². The highest BCUT2D eigenvalue weighted by molar-refractivity contribution is 7.88. The first-order valence-corrected chi connectivity index (χ1v) is 12.5. The number of β-amino-alcohol motifs (C(OH)–C–C–N with tert-alkyl or cyclic N) is 1. The van der Waals surface area contributed by atoms with Gasteiger partial charge in [-0.1, -0.05) is 0 Å². The van der Waals surface area contributed by atoms with Crippen LogP contribution in [-0.4, -0.2) is 82.1 Å². The minimum absolute atomic E-state index is 0.110. The van der Waals surface area contributed by atoms with E-state index in [1.807, 2.05) is 12.1 Å². The van der Waals surface area contributed by atoms with E-state index < -0.39 is 15.6 Å². The maximum atomic E-state index is 12.3. The molecule has 1 unspecified atom stereocenters. The second-order valence-corrected chi connectivity index (χ2v) is 10.7. The highest BCUT2D eigenvalue weighted by Crippen LogP contribution is 2.27. The number of likely N-dealkylation sites (tertiary alicyclic amines) is 1. The van der Waals surface area contributed by atoms with Crippen LogP contribution >= 0.6 is 0 Å². The lowest BCUT2D eigenvalue weighted by molar-refractivity contribution is 0.00583. The van der Waals surface area contributed by atoms with Crippen molar-refractivity contribution in [2.45, 2.75) is 31.4 Å². The lowest BCUT2D eigenvalue weighted by Gasteiger charge is -2.36. The summed E-state index contributed by atoms with van der Waals surface area (Å²) < 4.78 is 26.4. The number of pyridine rings is 1. The Labute approximate surface area is 182 Å². The molecule has 4 heterocycles. The van der Waals surface area contributed by atoms with E-state index in [4.69, 9.17) is 0 Å². The summed E-state index contributed by atoms with van der Waals surface area (Å²) >= 11 is 0. The topological polar surface area (TPSA) is 109 Å². The summed E-state index contributed by atoms with van der Waals surface area (Å²) in [5.41, 5.74) is 0.569. The van der Waals surface area contributed by atoms with Gasteiger partial charge in [0.25, 0.3) is 5.56 Å². The summed E-state index contributed by atoms with van der Waals surface area (Å²) in [6.07, 6.45) is 6.86. The highest BCUT2D eigenvalue weighted by atomic mass is 32.2. The molecule has 0 radical (unpaired) electrons. The Morgan fingerprint density at radius 2 is 1.84 bits per heavy atom. The Morgan fingerprint density at radius 3 is 2.48 bits per heavy atom. The third-order valence-electron chi connectivity index (χ3n) is 6.27. The van der Waals surface area contributed by atoms with E-state index in [1.54, 1.807) is 29.2 Å². The van der Waals surface area contributed by atoms with E-state index in [-0.39, 0.29) is 12.1 Å². The largest absolute Gasteiger partial charge is 0.387 e. The van der Waals surface area contributed by atoms with Crippen molar-refractivity contribution in [1.82, 2.24) is 24.0 Å². The molecule has 2 aliphatic rings. The van der Waals surface area contributed by atoms with Gasteiger partial charge in [0.2, 0.25) is 10.0 Å². The molecule has 2 fully saturated rings. The molecule has 1 atom stereocenters. The molecule has 2 aromatic rings. The zero-order chi connectivity index (χ0) is 22.1. The van der Waals surface area contributed by atoms with Crippen molar-refractivity contribution in [3.05, 3.63) is 47.0 Å². The molecule has 0 bridgehead atoms. The lowest BCUT2D eigenvalue weighted by Crippen LogP contribution is -2.48. The van der Waals surface area contributed by atoms with Crippen molar-refractivity contribution >= 4 is 10.0 Å². The van der Waals surface area contributed by atoms with Gasteiger partial charge in [-0.2, -0.15) is 9.40 Å². The van der Waals surface area contributed by atoms with Gasteiger partial charge in [0.1, 0.15) is 0 Å². The van der Waals surface area contributed by atoms with Gasteiger partial charge in [-0.05, 0) is 56.5 Å². The minimum atomic E-state index is -3.27. The number of sulfonamides is 1. The zero-order valence-corrected chi connectivity index (χ0v) is 18.5. The number of aromatic nitrogens is 3. The second-order valence-electron chi connectivity index (χ2n) is 8.77. The lowest BCUT2D eigenvalue weighted by atomic mass is 9.94. The predicted octanol–water partition coefficient (Wildman–Crippen LogP) is 0.414. The number of rotatable bonds is 6. The summed E-state index contributed by atoms with van der Waals surface area (Å²) in [5.74, 6) is 0.333. The summed E-state index contributed by atoms with van der Waals surface area (Å²) in [7, 11) is -3.27. The van der Waals surface area contributed by atoms with Gasteiger partial charge in [0.15, 0.2) is 0 Å². The Kier molecular flexibility index (Phi) is 6.25. The molecule has 2 saturated heterocycles. The molecule has 2 aliphatic heterocycles. The Bertz CT molecular complexity index is 1070. The molecule has 4 rings (SSSR count). The minimum Gasteiger partial charge on any atom is -0.387 e. The van der Waals surface area contributed by atoms with Gasteiger partial charge in [-0.15, -0.1) is 0 Å². The van der Waals surface area contributed by atoms with Crippen molar-refractivity contribution in [3.63, 3.8) is 0 Å². The van der Waals surface area contributed by atoms with E-state index in [0.29, 0.717) is 32.0 Å². The number of hydrogen-bond donors (Lipinski definition) is 1. The van der Waals surface area contributed by atoms with E-state index in [1.165, 1.54) is 10.6 Å². The highest BCUT2D eigenvalue weighted by Gasteiger charge is 2.41. The smallest absolute Gasteiger partial charge is 0.266 e. The molecular weight excluding hydrogens is 418 g/mol. The van der Waals surface area contributed by atoms with E-state index >= 15 is 0 Å². The van der Waals surface area contributed by atoms with Crippen LogP contribution in [-0.2, 0) is 16.6 Å². The fourth-order valence-electron chi connectivity index (χ4n) is 4.48. The molecule has 0 saturated carbocycles. The molecule has 1 N–H and O–H groups in total. The monoisotopic (exact) mass is 447 g/mol. The van der Waals surface area contributed by atoms with Crippen LogP contribution in [0.3, 0.4) is 0 Å². The number of nitrogens with zero attached hydrogens (tertiary/aromatic N) is 5. The summed E-state index contributed by atoms with van der Waals surface area (Å²) in [4.78, 5) is 18.5. The average Bonchev–Trinajstić information content (AvgIpc) is 3.14. The first-order valence-electron chi connectivity index (χ1n) is 10.6. The quantitative estimate of drug-likeness (QED) is 0.683. The van der Waals surface area contributed by atoms with Gasteiger partial charge >= 0.3 is 0 Å². The second kappa shape index (κ2) is 8.78. The third kappa shape index (κ3) is 5.38. The Balaban J connectivity index is 1.33. The van der Waals surface area contributed by atoms with Crippen molar-refractivity contribution in [2.75, 3.05) is 39.0 Å². The molecule has 168 valence electrons. The van der Waals surface area contributed by atoms with Crippen LogP contribution in [0.25, 0.3) is 11.3 Å². The Hall–Kier alpha value is -2.14. The first-order chi connectivity index (χ1) is 14.7. The molecule has 0 aliphatic carbocycles. The fourth-order valence-corrected chi connectivity index (χ4v) is 5.37. The normalized spacial score (nSPS) is 23.9. The molecule has 2 aromatic heterocycles.